The van der Waals surface area contributed by atoms with Crippen LogP contribution in [0.15, 0.2) is 24.3 Å². The van der Waals surface area contributed by atoms with Crippen LogP contribution < -0.4 is 5.32 Å². The minimum absolute atomic E-state index is 0.332. The lowest BCUT2D eigenvalue weighted by Crippen LogP contribution is -2.55. The van der Waals surface area contributed by atoms with Crippen LogP contribution >= 0.6 is 0 Å². The second-order valence-corrected chi connectivity index (χ2v) is 6.12. The van der Waals surface area contributed by atoms with Crippen molar-refractivity contribution in [3.63, 3.8) is 0 Å². The normalized spacial score (nSPS) is 21.8. The van der Waals surface area contributed by atoms with Gasteiger partial charge >= 0.3 is 0 Å². The number of benzene rings is 1. The zero-order chi connectivity index (χ0) is 14.0. The molecule has 1 aliphatic carbocycles. The van der Waals surface area contributed by atoms with Gasteiger partial charge in [-0.25, -0.2) is 0 Å². The van der Waals surface area contributed by atoms with E-state index < -0.39 is 0 Å². The van der Waals surface area contributed by atoms with Gasteiger partial charge in [-0.1, -0.05) is 31.2 Å². The lowest BCUT2D eigenvalue weighted by atomic mass is 9.92. The Morgan fingerprint density at radius 3 is 2.75 bits per heavy atom. The van der Waals surface area contributed by atoms with Crippen LogP contribution in [0.5, 0.6) is 0 Å². The maximum atomic E-state index is 9.70. The van der Waals surface area contributed by atoms with E-state index in [0.717, 1.165) is 32.6 Å². The summed E-state index contributed by atoms with van der Waals surface area (Å²) in [4.78, 5) is 2.45. The smallest absolute Gasteiger partial charge is 0.122 e. The van der Waals surface area contributed by atoms with Crippen LogP contribution in [0.4, 0.5) is 0 Å². The Kier molecular flexibility index (Phi) is 3.78. The molecule has 0 spiro atoms. The first-order valence-electron chi connectivity index (χ1n) is 7.73. The van der Waals surface area contributed by atoms with E-state index in [1.165, 1.54) is 24.0 Å². The van der Waals surface area contributed by atoms with Gasteiger partial charge in [-0.15, -0.1) is 0 Å². The first-order chi connectivity index (χ1) is 9.77. The third-order valence-corrected chi connectivity index (χ3v) is 4.65. The minimum atomic E-state index is -0.332. The van der Waals surface area contributed by atoms with E-state index in [9.17, 15) is 5.26 Å². The Bertz CT molecular complexity index is 515. The highest BCUT2D eigenvalue weighted by atomic mass is 15.2. The van der Waals surface area contributed by atoms with Crippen molar-refractivity contribution in [3.05, 3.63) is 35.4 Å². The first-order valence-corrected chi connectivity index (χ1v) is 7.73. The Labute approximate surface area is 121 Å². The number of nitrogens with one attached hydrogen (secondary N) is 1. The summed E-state index contributed by atoms with van der Waals surface area (Å²) in [6.07, 6.45) is 3.50. The van der Waals surface area contributed by atoms with Crippen LogP contribution in [0.3, 0.4) is 0 Å². The number of rotatable bonds is 5. The molecule has 1 aliphatic heterocycles. The highest BCUT2D eigenvalue weighted by molar-refractivity contribution is 5.29. The Morgan fingerprint density at radius 1 is 1.35 bits per heavy atom. The lowest BCUT2D eigenvalue weighted by molar-refractivity contribution is 0.183. The van der Waals surface area contributed by atoms with Gasteiger partial charge in [0.1, 0.15) is 5.54 Å². The number of nitrogens with zero attached hydrogens (tertiary/aromatic N) is 2. The highest BCUT2D eigenvalue weighted by Gasteiger charge is 2.46. The van der Waals surface area contributed by atoms with Gasteiger partial charge in [0.15, 0.2) is 0 Å². The maximum absolute atomic E-state index is 9.70. The molecule has 0 radical (unpaired) electrons. The van der Waals surface area contributed by atoms with E-state index >= 15 is 0 Å². The van der Waals surface area contributed by atoms with Crippen molar-refractivity contribution in [3.8, 4) is 6.07 Å². The second kappa shape index (κ2) is 5.55. The Morgan fingerprint density at radius 2 is 2.10 bits per heavy atom. The van der Waals surface area contributed by atoms with Gasteiger partial charge in [0.05, 0.1) is 6.07 Å². The zero-order valence-electron chi connectivity index (χ0n) is 12.2. The van der Waals surface area contributed by atoms with Gasteiger partial charge in [0.2, 0.25) is 0 Å². The molecule has 1 unspecified atom stereocenters. The second-order valence-electron chi connectivity index (χ2n) is 6.12. The molecule has 3 rings (SSSR count). The highest BCUT2D eigenvalue weighted by Crippen LogP contribution is 2.40. The maximum Gasteiger partial charge on any atom is 0.122 e. The van der Waals surface area contributed by atoms with Crippen LogP contribution in [-0.2, 0) is 13.0 Å². The third-order valence-electron chi connectivity index (χ3n) is 4.65. The molecule has 0 saturated heterocycles. The van der Waals surface area contributed by atoms with E-state index in [1.807, 2.05) is 0 Å². The van der Waals surface area contributed by atoms with Crippen LogP contribution in [0.2, 0.25) is 0 Å². The largest absolute Gasteiger partial charge is 0.298 e. The molecule has 1 N–H and O–H groups in total. The summed E-state index contributed by atoms with van der Waals surface area (Å²) < 4.78 is 0. The molecule has 3 nitrogen and oxygen atoms in total. The van der Waals surface area contributed by atoms with Crippen molar-refractivity contribution in [2.24, 2.45) is 5.92 Å². The number of fused-ring (bicyclic) bond motifs is 1. The summed E-state index contributed by atoms with van der Waals surface area (Å²) >= 11 is 0. The fourth-order valence-electron chi connectivity index (χ4n) is 3.43. The predicted molar refractivity (Wildman–Crippen MR) is 80.2 cm³/mol. The molecule has 1 heterocycles. The fourth-order valence-corrected chi connectivity index (χ4v) is 3.43. The van der Waals surface area contributed by atoms with E-state index in [-0.39, 0.29) is 5.54 Å². The van der Waals surface area contributed by atoms with Gasteiger partial charge in [-0.3, -0.25) is 10.2 Å². The molecule has 1 fully saturated rings. The fraction of sp³-hybridized carbons (Fsp3) is 0.588. The van der Waals surface area contributed by atoms with Crippen molar-refractivity contribution in [2.45, 2.75) is 38.3 Å². The molecule has 3 heteroatoms. The Hall–Kier alpha value is -1.37. The van der Waals surface area contributed by atoms with Gasteiger partial charge in [-0.2, -0.15) is 5.26 Å². The number of hydrogen-bond donors (Lipinski definition) is 1. The van der Waals surface area contributed by atoms with Crippen molar-refractivity contribution >= 4 is 0 Å². The molecule has 20 heavy (non-hydrogen) atoms. The van der Waals surface area contributed by atoms with Crippen molar-refractivity contribution in [1.82, 2.24) is 10.2 Å². The molecule has 0 amide bonds. The summed E-state index contributed by atoms with van der Waals surface area (Å²) in [6, 6.07) is 11.3. The van der Waals surface area contributed by atoms with Crippen molar-refractivity contribution in [2.75, 3.05) is 19.6 Å². The average molecular weight is 269 g/mol. The van der Waals surface area contributed by atoms with Gasteiger partial charge in [-0.05, 0) is 42.9 Å². The van der Waals surface area contributed by atoms with Crippen LogP contribution in [0, 0.1) is 17.2 Å². The monoisotopic (exact) mass is 269 g/mol. The summed E-state index contributed by atoms with van der Waals surface area (Å²) in [5.74, 6) is 0.546. The minimum Gasteiger partial charge on any atom is -0.298 e. The molecule has 1 aromatic carbocycles. The lowest BCUT2D eigenvalue weighted by Gasteiger charge is -2.36. The molecule has 1 atom stereocenters. The zero-order valence-corrected chi connectivity index (χ0v) is 12.2. The van der Waals surface area contributed by atoms with E-state index in [0.29, 0.717) is 5.92 Å². The van der Waals surface area contributed by atoms with Crippen LogP contribution in [-0.4, -0.2) is 30.1 Å². The van der Waals surface area contributed by atoms with Crippen molar-refractivity contribution in [1.29, 1.82) is 5.26 Å². The van der Waals surface area contributed by atoms with Gasteiger partial charge in [0.25, 0.3) is 0 Å². The van der Waals surface area contributed by atoms with Crippen LogP contribution in [0.1, 0.15) is 30.9 Å². The van der Waals surface area contributed by atoms with Gasteiger partial charge < -0.3 is 0 Å². The Balaban J connectivity index is 1.73. The molecule has 2 aliphatic rings. The summed E-state index contributed by atoms with van der Waals surface area (Å²) in [7, 11) is 0. The van der Waals surface area contributed by atoms with E-state index in [2.05, 4.69) is 47.5 Å². The van der Waals surface area contributed by atoms with E-state index in [4.69, 9.17) is 0 Å². The summed E-state index contributed by atoms with van der Waals surface area (Å²) in [5.41, 5.74) is 2.57. The molecule has 106 valence electrons. The molecular formula is C17H23N3. The standard InChI is InChI=1S/C17H23N3/c1-2-19-17(12-18,16-7-8-16)13-20-10-9-14-5-3-4-6-15(14)11-20/h3-6,16,19H,2,7-11,13H2,1H3. The summed E-state index contributed by atoms with van der Waals surface area (Å²) in [5, 5.41) is 13.2. The third kappa shape index (κ3) is 2.59. The van der Waals surface area contributed by atoms with Crippen molar-refractivity contribution < 1.29 is 0 Å². The summed E-state index contributed by atoms with van der Waals surface area (Å²) in [6.45, 7) is 5.88. The SMILES string of the molecule is CCNC(C#N)(CN1CCc2ccccc2C1)C1CC1. The number of hydrogen-bond acceptors (Lipinski definition) is 3. The van der Waals surface area contributed by atoms with Crippen LogP contribution in [0.25, 0.3) is 0 Å². The number of nitriles is 1. The topological polar surface area (TPSA) is 39.1 Å². The quantitative estimate of drug-likeness (QED) is 0.891. The molecule has 0 aromatic heterocycles. The van der Waals surface area contributed by atoms with Gasteiger partial charge in [0, 0.05) is 19.6 Å². The molecule has 1 saturated carbocycles. The van der Waals surface area contributed by atoms with E-state index in [1.54, 1.807) is 0 Å². The molecule has 0 bridgehead atoms. The predicted octanol–water partition coefficient (Wildman–Crippen LogP) is 2.33. The first kappa shape index (κ1) is 13.6. The molecule has 1 aromatic rings. The average Bonchev–Trinajstić information content (AvgIpc) is 3.31. The number of likely N-dealkylation sites (N-methyl/N-ethyl adjacent to an activating group) is 1. The molecular weight excluding hydrogens is 246 g/mol.